The quantitative estimate of drug-likeness (QED) is 0.693. The molecule has 162 valence electrons. The molecule has 4 unspecified atom stereocenters. The van der Waals surface area contributed by atoms with E-state index in [-0.39, 0.29) is 22.6 Å². The number of nitrogens with zero attached hydrogens (tertiary/aromatic N) is 2. The van der Waals surface area contributed by atoms with Crippen molar-refractivity contribution in [3.63, 3.8) is 0 Å². The molecular formula is C22H28N2O4S2. The van der Waals surface area contributed by atoms with Crippen molar-refractivity contribution in [2.24, 2.45) is 17.8 Å². The lowest BCUT2D eigenvalue weighted by Crippen LogP contribution is -2.49. The van der Waals surface area contributed by atoms with Crippen LogP contribution in [-0.4, -0.2) is 50.5 Å². The lowest BCUT2D eigenvalue weighted by molar-refractivity contribution is -0.145. The number of benzene rings is 1. The Morgan fingerprint density at radius 1 is 1.10 bits per heavy atom. The average Bonchev–Trinajstić information content (AvgIpc) is 3.44. The van der Waals surface area contributed by atoms with Crippen LogP contribution in [0.1, 0.15) is 26.2 Å². The molecule has 0 saturated heterocycles. The number of carbonyl (C=O) groups is 1. The largest absolute Gasteiger partial charge is 0.481 e. The summed E-state index contributed by atoms with van der Waals surface area (Å²) < 4.78 is 28.8. The molecule has 2 aromatic rings. The maximum atomic E-state index is 13.5. The third-order valence-electron chi connectivity index (χ3n) is 6.61. The summed E-state index contributed by atoms with van der Waals surface area (Å²) in [7, 11) is 0.201. The highest BCUT2D eigenvalue weighted by Crippen LogP contribution is 2.51. The Morgan fingerprint density at radius 3 is 2.37 bits per heavy atom. The van der Waals surface area contributed by atoms with Gasteiger partial charge >= 0.3 is 5.97 Å². The second kappa shape index (κ2) is 7.98. The minimum Gasteiger partial charge on any atom is -0.481 e. The van der Waals surface area contributed by atoms with Gasteiger partial charge in [-0.2, -0.15) is 4.31 Å². The van der Waals surface area contributed by atoms with E-state index in [1.165, 1.54) is 15.6 Å². The van der Waals surface area contributed by atoms with Crippen LogP contribution in [0.4, 0.5) is 5.69 Å². The number of hydrogen-bond acceptors (Lipinski definition) is 5. The van der Waals surface area contributed by atoms with Crippen LogP contribution in [0.15, 0.2) is 40.6 Å². The lowest BCUT2D eigenvalue weighted by atomic mass is 9.84. The fourth-order valence-corrected chi connectivity index (χ4v) is 8.37. The zero-order valence-corrected chi connectivity index (χ0v) is 19.1. The number of carboxylic acids is 1. The van der Waals surface area contributed by atoms with Crippen LogP contribution in [0.5, 0.6) is 0 Å². The van der Waals surface area contributed by atoms with Gasteiger partial charge in [0.05, 0.1) is 5.92 Å². The monoisotopic (exact) mass is 448 g/mol. The van der Waals surface area contributed by atoms with Gasteiger partial charge in [-0.25, -0.2) is 8.42 Å². The summed E-state index contributed by atoms with van der Waals surface area (Å²) in [5, 5.41) is 9.78. The van der Waals surface area contributed by atoms with Crippen molar-refractivity contribution in [1.82, 2.24) is 4.31 Å². The van der Waals surface area contributed by atoms with Gasteiger partial charge in [0.15, 0.2) is 0 Å². The van der Waals surface area contributed by atoms with Gasteiger partial charge in [-0.3, -0.25) is 4.79 Å². The van der Waals surface area contributed by atoms with Crippen LogP contribution in [0.3, 0.4) is 0 Å². The van der Waals surface area contributed by atoms with Gasteiger partial charge in [0.2, 0.25) is 0 Å². The molecule has 2 fully saturated rings. The highest BCUT2D eigenvalue weighted by atomic mass is 32.2. The summed E-state index contributed by atoms with van der Waals surface area (Å²) in [4.78, 5) is 14.8. The Bertz CT molecular complexity index is 1030. The van der Waals surface area contributed by atoms with Crippen molar-refractivity contribution >= 4 is 33.0 Å². The van der Waals surface area contributed by atoms with Crippen molar-refractivity contribution in [2.75, 3.05) is 25.5 Å². The molecule has 2 aliphatic carbocycles. The molecule has 1 aromatic heterocycles. The third kappa shape index (κ3) is 3.55. The van der Waals surface area contributed by atoms with Crippen LogP contribution in [0.25, 0.3) is 10.4 Å². The highest BCUT2D eigenvalue weighted by Gasteiger charge is 2.55. The molecule has 1 N–H and O–H groups in total. The van der Waals surface area contributed by atoms with E-state index in [4.69, 9.17) is 0 Å². The molecule has 0 radical (unpaired) electrons. The summed E-state index contributed by atoms with van der Waals surface area (Å²) in [6.45, 7) is 2.09. The molecular weight excluding hydrogens is 420 g/mol. The molecule has 1 aromatic carbocycles. The fourth-order valence-electron chi connectivity index (χ4n) is 5.22. The summed E-state index contributed by atoms with van der Waals surface area (Å²) in [6.07, 6.45) is 2.63. The van der Waals surface area contributed by atoms with E-state index < -0.39 is 28.0 Å². The molecule has 8 heteroatoms. The average molecular weight is 449 g/mol. The van der Waals surface area contributed by atoms with Crippen LogP contribution >= 0.6 is 11.3 Å². The van der Waals surface area contributed by atoms with Gasteiger partial charge in [-0.1, -0.05) is 19.1 Å². The van der Waals surface area contributed by atoms with Crippen molar-refractivity contribution in [3.8, 4) is 10.4 Å². The fraction of sp³-hybridized carbons (Fsp3) is 0.500. The van der Waals surface area contributed by atoms with E-state index in [1.54, 1.807) is 13.0 Å². The molecule has 2 saturated carbocycles. The number of thiophene rings is 1. The molecule has 4 atom stereocenters. The number of sulfonamides is 1. The Kier molecular flexibility index (Phi) is 5.67. The first kappa shape index (κ1) is 21.3. The third-order valence-corrected chi connectivity index (χ3v) is 10.2. The smallest absolute Gasteiger partial charge is 0.308 e. The first-order valence-corrected chi connectivity index (χ1v) is 12.6. The van der Waals surface area contributed by atoms with Crippen molar-refractivity contribution in [1.29, 1.82) is 0 Å². The zero-order valence-electron chi connectivity index (χ0n) is 17.5. The number of rotatable bonds is 7. The van der Waals surface area contributed by atoms with Gasteiger partial charge in [0, 0.05) is 37.2 Å². The first-order chi connectivity index (χ1) is 14.2. The van der Waals surface area contributed by atoms with E-state index in [0.29, 0.717) is 0 Å². The molecule has 4 rings (SSSR count). The molecule has 1 heterocycles. The summed E-state index contributed by atoms with van der Waals surface area (Å²) >= 11 is 1.25. The van der Waals surface area contributed by atoms with Crippen molar-refractivity contribution in [3.05, 3.63) is 36.4 Å². The second-order valence-electron chi connectivity index (χ2n) is 8.46. The van der Waals surface area contributed by atoms with E-state index in [1.807, 2.05) is 49.3 Å². The predicted octanol–water partition coefficient (Wildman–Crippen LogP) is 3.99. The molecule has 2 aliphatic rings. The Morgan fingerprint density at radius 2 is 1.77 bits per heavy atom. The molecule has 2 bridgehead atoms. The van der Waals surface area contributed by atoms with E-state index in [9.17, 15) is 18.3 Å². The normalized spacial score (nSPS) is 25.7. The van der Waals surface area contributed by atoms with Gasteiger partial charge in [-0.15, -0.1) is 11.3 Å². The van der Waals surface area contributed by atoms with Gasteiger partial charge in [0.25, 0.3) is 10.0 Å². The van der Waals surface area contributed by atoms with E-state index in [0.717, 1.165) is 35.4 Å². The van der Waals surface area contributed by atoms with Crippen molar-refractivity contribution in [2.45, 2.75) is 36.4 Å². The minimum absolute atomic E-state index is 0.0934. The zero-order chi connectivity index (χ0) is 21.6. The number of anilines is 1. The Hall–Kier alpha value is -1.90. The number of fused-ring (bicyclic) bond motifs is 2. The van der Waals surface area contributed by atoms with Gasteiger partial charge in [0.1, 0.15) is 4.21 Å². The molecule has 30 heavy (non-hydrogen) atoms. The maximum Gasteiger partial charge on any atom is 0.308 e. The Balaban J connectivity index is 1.64. The standard InChI is InChI=1S/C22H28N2O4S2/c1-4-24(21-16-6-5-15(13-16)20(21)22(25)26)30(27,28)19-12-11-18(29-19)14-7-9-17(10-8-14)23(2)3/h7-12,15-16,20-21H,4-6,13H2,1-3H3,(H,25,26). The van der Waals surface area contributed by atoms with Crippen LogP contribution in [0, 0.1) is 17.8 Å². The Labute approximate surface area is 182 Å². The lowest BCUT2D eigenvalue weighted by Gasteiger charge is -2.36. The van der Waals surface area contributed by atoms with Gasteiger partial charge in [-0.05, 0) is 60.9 Å². The molecule has 0 spiro atoms. The summed E-state index contributed by atoms with van der Waals surface area (Å²) in [5.74, 6) is -1.23. The molecule has 6 nitrogen and oxygen atoms in total. The van der Waals surface area contributed by atoms with Crippen LogP contribution < -0.4 is 4.90 Å². The predicted molar refractivity (Wildman–Crippen MR) is 119 cm³/mol. The number of aliphatic carboxylic acids is 1. The summed E-state index contributed by atoms with van der Waals surface area (Å²) in [5.41, 5.74) is 2.05. The minimum atomic E-state index is -3.75. The molecule has 0 amide bonds. The molecule has 0 aliphatic heterocycles. The topological polar surface area (TPSA) is 77.9 Å². The summed E-state index contributed by atoms with van der Waals surface area (Å²) in [6, 6.07) is 11.0. The number of hydrogen-bond donors (Lipinski definition) is 1. The van der Waals surface area contributed by atoms with Crippen LogP contribution in [-0.2, 0) is 14.8 Å². The highest BCUT2D eigenvalue weighted by molar-refractivity contribution is 7.91. The van der Waals surface area contributed by atoms with E-state index >= 15 is 0 Å². The SMILES string of the molecule is CCN(C1C2CCC(C2)C1C(=O)O)S(=O)(=O)c1ccc(-c2ccc(N(C)C)cc2)s1. The van der Waals surface area contributed by atoms with Crippen LogP contribution in [0.2, 0.25) is 0 Å². The first-order valence-electron chi connectivity index (χ1n) is 10.4. The maximum absolute atomic E-state index is 13.5. The van der Waals surface area contributed by atoms with Gasteiger partial charge < -0.3 is 10.0 Å². The second-order valence-corrected chi connectivity index (χ2v) is 11.7. The van der Waals surface area contributed by atoms with E-state index in [2.05, 4.69) is 0 Å². The number of carboxylic acid groups (broad SMARTS) is 1. The van der Waals surface area contributed by atoms with Crippen molar-refractivity contribution < 1.29 is 18.3 Å².